The maximum absolute atomic E-state index is 13.1. The zero-order chi connectivity index (χ0) is 21.7. The van der Waals surface area contributed by atoms with E-state index in [1.54, 1.807) is 0 Å². The van der Waals surface area contributed by atoms with E-state index in [2.05, 4.69) is 10.6 Å². The third-order valence-electron chi connectivity index (χ3n) is 5.57. The highest BCUT2D eigenvalue weighted by Crippen LogP contribution is 2.32. The minimum Gasteiger partial charge on any atom is -0.353 e. The van der Waals surface area contributed by atoms with Crippen LogP contribution < -0.4 is 10.6 Å². The third kappa shape index (κ3) is 4.21. The summed E-state index contributed by atoms with van der Waals surface area (Å²) in [6, 6.07) is 18.4. The van der Waals surface area contributed by atoms with Gasteiger partial charge in [0.15, 0.2) is 0 Å². The summed E-state index contributed by atoms with van der Waals surface area (Å²) in [6.07, 6.45) is 0.399. The quantitative estimate of drug-likeness (QED) is 0.657. The average Bonchev–Trinajstić information content (AvgIpc) is 3.00. The van der Waals surface area contributed by atoms with Gasteiger partial charge in [-0.3, -0.25) is 14.5 Å². The van der Waals surface area contributed by atoms with Crippen molar-refractivity contribution in [1.29, 1.82) is 0 Å². The van der Waals surface area contributed by atoms with E-state index in [9.17, 15) is 14.4 Å². The first-order valence-corrected chi connectivity index (χ1v) is 10.1. The summed E-state index contributed by atoms with van der Waals surface area (Å²) >= 11 is 0. The molecule has 1 fully saturated rings. The van der Waals surface area contributed by atoms with E-state index in [-0.39, 0.29) is 18.5 Å². The number of carbonyl (C=O) groups excluding carboxylic acids is 3. The van der Waals surface area contributed by atoms with Gasteiger partial charge in [0.05, 0.1) is 6.04 Å². The number of likely N-dealkylation sites (N-methyl/N-ethyl adjacent to an activating group) is 1. The highest BCUT2D eigenvalue weighted by Gasteiger charge is 2.51. The molecule has 0 aromatic heterocycles. The number of imide groups is 1. The van der Waals surface area contributed by atoms with Crippen LogP contribution in [0.4, 0.5) is 4.79 Å². The van der Waals surface area contributed by atoms with Gasteiger partial charge >= 0.3 is 6.03 Å². The number of carbonyl (C=O) groups is 3. The van der Waals surface area contributed by atoms with Crippen LogP contribution in [0.3, 0.4) is 0 Å². The molecule has 1 aliphatic rings. The predicted molar refractivity (Wildman–Crippen MR) is 115 cm³/mol. The Labute approximate surface area is 177 Å². The van der Waals surface area contributed by atoms with Crippen molar-refractivity contribution >= 4 is 17.8 Å². The summed E-state index contributed by atoms with van der Waals surface area (Å²) < 4.78 is 0. The van der Waals surface area contributed by atoms with Crippen LogP contribution in [0, 0.1) is 0 Å². The van der Waals surface area contributed by atoms with E-state index in [1.165, 1.54) is 0 Å². The molecule has 158 valence electrons. The van der Waals surface area contributed by atoms with Crippen molar-refractivity contribution in [2.24, 2.45) is 0 Å². The predicted octanol–water partition coefficient (Wildman–Crippen LogP) is 2.26. The van der Waals surface area contributed by atoms with Crippen LogP contribution >= 0.6 is 0 Å². The molecule has 0 aliphatic carbocycles. The summed E-state index contributed by atoms with van der Waals surface area (Å²) in [5, 5.41) is 5.66. The van der Waals surface area contributed by atoms with Crippen molar-refractivity contribution in [1.82, 2.24) is 20.4 Å². The van der Waals surface area contributed by atoms with Gasteiger partial charge in [-0.1, -0.05) is 67.6 Å². The molecular formula is C23H28N4O3. The normalized spacial score (nSPS) is 19.7. The SMILES string of the molecule is CC[C@@]1(c2ccccc2)NC(=O)N(CC(=O)NC[C@@H](c2ccccc2)N(C)C)C1=O. The fourth-order valence-electron chi connectivity index (χ4n) is 3.82. The topological polar surface area (TPSA) is 81.8 Å². The van der Waals surface area contributed by atoms with E-state index in [1.807, 2.05) is 86.6 Å². The standard InChI is InChI=1S/C23H28N4O3/c1-4-23(18-13-9-6-10-14-18)21(29)27(22(30)25-23)16-20(28)24-15-19(26(2)3)17-11-7-5-8-12-17/h5-14,19H,4,15-16H2,1-3H3,(H,24,28)(H,25,30)/t19-,23-/m0/s1. The third-order valence-corrected chi connectivity index (χ3v) is 5.57. The zero-order valence-corrected chi connectivity index (χ0v) is 17.6. The van der Waals surface area contributed by atoms with E-state index >= 15 is 0 Å². The number of benzene rings is 2. The fourth-order valence-corrected chi connectivity index (χ4v) is 3.82. The smallest absolute Gasteiger partial charge is 0.325 e. The molecular weight excluding hydrogens is 380 g/mol. The fraction of sp³-hybridized carbons (Fsp3) is 0.348. The zero-order valence-electron chi connectivity index (χ0n) is 17.6. The molecule has 0 bridgehead atoms. The Morgan fingerprint density at radius 1 is 1.07 bits per heavy atom. The lowest BCUT2D eigenvalue weighted by Gasteiger charge is -2.26. The first-order chi connectivity index (χ1) is 14.4. The van der Waals surface area contributed by atoms with Crippen LogP contribution in [-0.4, -0.2) is 54.8 Å². The maximum atomic E-state index is 13.1. The van der Waals surface area contributed by atoms with E-state index in [0.29, 0.717) is 18.5 Å². The molecule has 2 aromatic carbocycles. The summed E-state index contributed by atoms with van der Waals surface area (Å²) in [4.78, 5) is 41.3. The van der Waals surface area contributed by atoms with Gasteiger partial charge in [0, 0.05) is 6.54 Å². The van der Waals surface area contributed by atoms with Gasteiger partial charge in [-0.15, -0.1) is 0 Å². The Bertz CT molecular complexity index is 901. The molecule has 3 rings (SSSR count). The monoisotopic (exact) mass is 408 g/mol. The van der Waals surface area contributed by atoms with Crippen molar-refractivity contribution < 1.29 is 14.4 Å². The molecule has 0 radical (unpaired) electrons. The Balaban J connectivity index is 1.68. The van der Waals surface area contributed by atoms with Crippen molar-refractivity contribution in [3.8, 4) is 0 Å². The lowest BCUT2D eigenvalue weighted by molar-refractivity contribution is -0.135. The van der Waals surface area contributed by atoms with Crippen molar-refractivity contribution in [3.63, 3.8) is 0 Å². The van der Waals surface area contributed by atoms with Gasteiger partial charge in [0.25, 0.3) is 5.91 Å². The molecule has 7 nitrogen and oxygen atoms in total. The molecule has 1 saturated heterocycles. The molecule has 7 heteroatoms. The molecule has 30 heavy (non-hydrogen) atoms. The molecule has 0 unspecified atom stereocenters. The van der Waals surface area contributed by atoms with Gasteiger partial charge < -0.3 is 15.5 Å². The van der Waals surface area contributed by atoms with Crippen molar-refractivity contribution in [2.45, 2.75) is 24.9 Å². The first-order valence-electron chi connectivity index (χ1n) is 10.1. The summed E-state index contributed by atoms with van der Waals surface area (Å²) in [6.45, 7) is 1.90. The Morgan fingerprint density at radius 2 is 1.67 bits per heavy atom. The van der Waals surface area contributed by atoms with E-state index < -0.39 is 17.5 Å². The number of nitrogens with one attached hydrogen (secondary N) is 2. The first kappa shape index (κ1) is 21.5. The second-order valence-corrected chi connectivity index (χ2v) is 7.64. The molecule has 4 amide bonds. The number of hydrogen-bond acceptors (Lipinski definition) is 4. The number of urea groups is 1. The Morgan fingerprint density at radius 3 is 2.23 bits per heavy atom. The van der Waals surface area contributed by atoms with Crippen LogP contribution in [0.2, 0.25) is 0 Å². The van der Waals surface area contributed by atoms with Crippen LogP contribution in [0.5, 0.6) is 0 Å². The number of amides is 4. The van der Waals surface area contributed by atoms with Crippen LogP contribution in [-0.2, 0) is 15.1 Å². The molecule has 2 aromatic rings. The molecule has 1 aliphatic heterocycles. The minimum absolute atomic E-state index is 0.0164. The highest BCUT2D eigenvalue weighted by atomic mass is 16.2. The second kappa shape index (κ2) is 9.09. The van der Waals surface area contributed by atoms with Gasteiger partial charge in [0.1, 0.15) is 12.1 Å². The highest BCUT2D eigenvalue weighted by molar-refractivity contribution is 6.09. The van der Waals surface area contributed by atoms with Gasteiger partial charge in [-0.05, 0) is 31.6 Å². The average molecular weight is 409 g/mol. The Hall–Kier alpha value is -3.19. The molecule has 2 N–H and O–H groups in total. The van der Waals surface area contributed by atoms with Crippen LogP contribution in [0.25, 0.3) is 0 Å². The Kier molecular flexibility index (Phi) is 6.52. The number of hydrogen-bond donors (Lipinski definition) is 2. The van der Waals surface area contributed by atoms with Crippen molar-refractivity contribution in [3.05, 3.63) is 71.8 Å². The second-order valence-electron chi connectivity index (χ2n) is 7.64. The molecule has 1 heterocycles. The van der Waals surface area contributed by atoms with Gasteiger partial charge in [0.2, 0.25) is 5.91 Å². The number of rotatable bonds is 8. The van der Waals surface area contributed by atoms with Crippen LogP contribution in [0.15, 0.2) is 60.7 Å². The molecule has 0 saturated carbocycles. The molecule has 2 atom stereocenters. The lowest BCUT2D eigenvalue weighted by atomic mass is 9.87. The van der Waals surface area contributed by atoms with E-state index in [0.717, 1.165) is 10.5 Å². The maximum Gasteiger partial charge on any atom is 0.325 e. The summed E-state index contributed by atoms with van der Waals surface area (Å²) in [7, 11) is 3.88. The van der Waals surface area contributed by atoms with Crippen LogP contribution in [0.1, 0.15) is 30.5 Å². The largest absolute Gasteiger partial charge is 0.353 e. The summed E-state index contributed by atoms with van der Waals surface area (Å²) in [5.74, 6) is -0.773. The van der Waals surface area contributed by atoms with E-state index in [4.69, 9.17) is 0 Å². The molecule has 0 spiro atoms. The summed E-state index contributed by atoms with van der Waals surface area (Å²) in [5.41, 5.74) is 0.659. The minimum atomic E-state index is -1.13. The number of nitrogens with zero attached hydrogens (tertiary/aromatic N) is 2. The van der Waals surface area contributed by atoms with Gasteiger partial charge in [-0.25, -0.2) is 4.79 Å². The van der Waals surface area contributed by atoms with Gasteiger partial charge in [-0.2, -0.15) is 0 Å². The van der Waals surface area contributed by atoms with Crippen molar-refractivity contribution in [2.75, 3.05) is 27.2 Å². The lowest BCUT2D eigenvalue weighted by Crippen LogP contribution is -2.45.